The molecule has 0 aliphatic rings. The Morgan fingerprint density at radius 2 is 2.04 bits per heavy atom. The molecule has 0 unspecified atom stereocenters. The molecule has 1 amide bonds. The zero-order valence-corrected chi connectivity index (χ0v) is 15.4. The van der Waals surface area contributed by atoms with E-state index in [4.69, 9.17) is 16.3 Å². The first-order chi connectivity index (χ1) is 12.1. The molecular weight excluding hydrogens is 410 g/mol. The molecule has 1 aromatic carbocycles. The summed E-state index contributed by atoms with van der Waals surface area (Å²) in [6.07, 6.45) is 5.10. The maximum absolute atomic E-state index is 12.3. The van der Waals surface area contributed by atoms with Crippen molar-refractivity contribution in [1.29, 1.82) is 0 Å². The van der Waals surface area contributed by atoms with Crippen LogP contribution in [0.15, 0.2) is 53.4 Å². The Hall–Kier alpha value is -2.32. The van der Waals surface area contributed by atoms with Gasteiger partial charge in [0.1, 0.15) is 11.4 Å². The molecule has 0 atom stereocenters. The van der Waals surface area contributed by atoms with Gasteiger partial charge < -0.3 is 10.1 Å². The number of rotatable bonds is 7. The molecule has 2 heterocycles. The number of hydrogen-bond donors (Lipinski definition) is 1. The summed E-state index contributed by atoms with van der Waals surface area (Å²) in [6.45, 7) is 1.16. The first-order valence-electron chi connectivity index (χ1n) is 7.48. The smallest absolute Gasteiger partial charge is 0.269 e. The molecule has 7 nitrogen and oxygen atoms in total. The van der Waals surface area contributed by atoms with Crippen LogP contribution in [-0.2, 0) is 13.3 Å². The van der Waals surface area contributed by atoms with E-state index in [0.717, 1.165) is 4.47 Å². The zero-order chi connectivity index (χ0) is 17.6. The lowest BCUT2D eigenvalue weighted by Crippen LogP contribution is -2.30. The number of nitrogens with zero attached hydrogens (tertiary/aromatic N) is 4. The Labute approximate surface area is 157 Å². The van der Waals surface area contributed by atoms with E-state index < -0.39 is 0 Å². The van der Waals surface area contributed by atoms with Crippen LogP contribution in [0.25, 0.3) is 0 Å². The van der Waals surface area contributed by atoms with Gasteiger partial charge in [0.25, 0.3) is 5.91 Å². The SMILES string of the molecule is O=C(NCCn1cc(Br)cn1)c1ccnn1COc1ccc(Cl)cc1. The second-order valence-electron chi connectivity index (χ2n) is 5.12. The van der Waals surface area contributed by atoms with Crippen LogP contribution < -0.4 is 10.1 Å². The van der Waals surface area contributed by atoms with Gasteiger partial charge in [-0.05, 0) is 46.3 Å². The van der Waals surface area contributed by atoms with Crippen LogP contribution in [0.1, 0.15) is 10.5 Å². The molecule has 0 bridgehead atoms. The molecule has 0 saturated heterocycles. The van der Waals surface area contributed by atoms with Crippen LogP contribution in [0, 0.1) is 0 Å². The molecule has 1 N–H and O–H groups in total. The lowest BCUT2D eigenvalue weighted by Gasteiger charge is -2.10. The number of benzene rings is 1. The average Bonchev–Trinajstić information content (AvgIpc) is 3.23. The van der Waals surface area contributed by atoms with Crippen molar-refractivity contribution in [1.82, 2.24) is 24.9 Å². The fourth-order valence-electron chi connectivity index (χ4n) is 2.13. The van der Waals surface area contributed by atoms with Crippen LogP contribution in [-0.4, -0.2) is 32.0 Å². The van der Waals surface area contributed by atoms with E-state index in [2.05, 4.69) is 31.4 Å². The number of nitrogens with one attached hydrogen (secondary N) is 1. The van der Waals surface area contributed by atoms with Crippen molar-refractivity contribution in [3.63, 3.8) is 0 Å². The molecular formula is C16H15BrClN5O2. The minimum absolute atomic E-state index is 0.128. The van der Waals surface area contributed by atoms with E-state index in [1.54, 1.807) is 47.4 Å². The second kappa shape index (κ2) is 8.17. The van der Waals surface area contributed by atoms with E-state index in [9.17, 15) is 4.79 Å². The number of halogens is 2. The van der Waals surface area contributed by atoms with Gasteiger partial charge in [-0.1, -0.05) is 11.6 Å². The fourth-order valence-corrected chi connectivity index (χ4v) is 2.58. The number of hydrogen-bond acceptors (Lipinski definition) is 4. The number of ether oxygens (including phenoxy) is 1. The number of amides is 1. The van der Waals surface area contributed by atoms with Gasteiger partial charge in [0.15, 0.2) is 6.73 Å². The summed E-state index contributed by atoms with van der Waals surface area (Å²) in [5.74, 6) is 0.430. The molecule has 2 aromatic heterocycles. The highest BCUT2D eigenvalue weighted by Crippen LogP contribution is 2.16. The van der Waals surface area contributed by atoms with E-state index in [0.29, 0.717) is 29.6 Å². The average molecular weight is 425 g/mol. The van der Waals surface area contributed by atoms with Crippen molar-refractivity contribution in [2.24, 2.45) is 0 Å². The summed E-state index contributed by atoms with van der Waals surface area (Å²) in [4.78, 5) is 12.3. The van der Waals surface area contributed by atoms with Gasteiger partial charge in [-0.3, -0.25) is 9.48 Å². The number of carbonyl (C=O) groups excluding carboxylic acids is 1. The lowest BCUT2D eigenvalue weighted by molar-refractivity contribution is 0.0930. The van der Waals surface area contributed by atoms with E-state index >= 15 is 0 Å². The molecule has 0 saturated carbocycles. The largest absolute Gasteiger partial charge is 0.471 e. The predicted molar refractivity (Wildman–Crippen MR) is 96.6 cm³/mol. The number of carbonyl (C=O) groups is 1. The van der Waals surface area contributed by atoms with Crippen molar-refractivity contribution in [2.75, 3.05) is 6.54 Å². The molecule has 130 valence electrons. The van der Waals surface area contributed by atoms with Gasteiger partial charge in [0, 0.05) is 24.0 Å². The van der Waals surface area contributed by atoms with Gasteiger partial charge in [0.05, 0.1) is 17.2 Å². The molecule has 9 heteroatoms. The predicted octanol–water partition coefficient (Wildman–Crippen LogP) is 2.96. The Kier molecular flexibility index (Phi) is 5.72. The van der Waals surface area contributed by atoms with Crippen LogP contribution in [0.5, 0.6) is 5.75 Å². The monoisotopic (exact) mass is 423 g/mol. The summed E-state index contributed by atoms with van der Waals surface area (Å²) in [5.41, 5.74) is 0.426. The summed E-state index contributed by atoms with van der Waals surface area (Å²) >= 11 is 9.17. The molecule has 3 rings (SSSR count). The molecule has 0 fully saturated rings. The summed E-state index contributed by atoms with van der Waals surface area (Å²) in [6, 6.07) is 8.63. The molecule has 3 aromatic rings. The van der Waals surface area contributed by atoms with Crippen molar-refractivity contribution >= 4 is 33.4 Å². The van der Waals surface area contributed by atoms with Crippen LogP contribution in [0.3, 0.4) is 0 Å². The highest BCUT2D eigenvalue weighted by atomic mass is 79.9. The minimum Gasteiger partial charge on any atom is -0.471 e. The summed E-state index contributed by atoms with van der Waals surface area (Å²) < 4.78 is 9.75. The first kappa shape index (κ1) is 17.5. The van der Waals surface area contributed by atoms with E-state index in [1.807, 2.05) is 6.20 Å². The van der Waals surface area contributed by atoms with Gasteiger partial charge in [0.2, 0.25) is 0 Å². The third kappa shape index (κ3) is 4.83. The van der Waals surface area contributed by atoms with Gasteiger partial charge >= 0.3 is 0 Å². The highest BCUT2D eigenvalue weighted by Gasteiger charge is 2.12. The Morgan fingerprint density at radius 1 is 1.24 bits per heavy atom. The molecule has 25 heavy (non-hydrogen) atoms. The first-order valence-corrected chi connectivity index (χ1v) is 8.65. The lowest BCUT2D eigenvalue weighted by atomic mass is 10.3. The Morgan fingerprint density at radius 3 is 2.76 bits per heavy atom. The molecule has 0 aliphatic carbocycles. The maximum Gasteiger partial charge on any atom is 0.269 e. The quantitative estimate of drug-likeness (QED) is 0.633. The maximum atomic E-state index is 12.3. The van der Waals surface area contributed by atoms with E-state index in [-0.39, 0.29) is 12.6 Å². The molecule has 0 radical (unpaired) electrons. The summed E-state index contributed by atoms with van der Waals surface area (Å²) in [5, 5.41) is 11.7. The number of aromatic nitrogens is 4. The third-order valence-corrected chi connectivity index (χ3v) is 4.01. The van der Waals surface area contributed by atoms with Gasteiger partial charge in [-0.2, -0.15) is 10.2 Å². The Balaban J connectivity index is 1.53. The molecule has 0 aliphatic heterocycles. The van der Waals surface area contributed by atoms with Crippen molar-refractivity contribution < 1.29 is 9.53 Å². The van der Waals surface area contributed by atoms with Crippen molar-refractivity contribution in [2.45, 2.75) is 13.3 Å². The van der Waals surface area contributed by atoms with Crippen LogP contribution >= 0.6 is 27.5 Å². The second-order valence-corrected chi connectivity index (χ2v) is 6.47. The minimum atomic E-state index is -0.219. The van der Waals surface area contributed by atoms with Crippen molar-refractivity contribution in [3.8, 4) is 5.75 Å². The zero-order valence-electron chi connectivity index (χ0n) is 13.1. The normalized spacial score (nSPS) is 10.6. The van der Waals surface area contributed by atoms with E-state index in [1.165, 1.54) is 4.68 Å². The van der Waals surface area contributed by atoms with Crippen LogP contribution in [0.2, 0.25) is 5.02 Å². The summed E-state index contributed by atoms with van der Waals surface area (Å²) in [7, 11) is 0. The highest BCUT2D eigenvalue weighted by molar-refractivity contribution is 9.10. The third-order valence-electron chi connectivity index (χ3n) is 3.34. The van der Waals surface area contributed by atoms with Gasteiger partial charge in [-0.15, -0.1) is 0 Å². The van der Waals surface area contributed by atoms with Gasteiger partial charge in [-0.25, -0.2) is 4.68 Å². The van der Waals surface area contributed by atoms with Crippen molar-refractivity contribution in [3.05, 3.63) is 64.1 Å². The molecule has 0 spiro atoms. The Bertz CT molecular complexity index is 846. The van der Waals surface area contributed by atoms with Crippen LogP contribution in [0.4, 0.5) is 0 Å². The topological polar surface area (TPSA) is 74.0 Å². The fraction of sp³-hybridized carbons (Fsp3) is 0.188. The standard InChI is InChI=1S/C16H15BrClN5O2/c17-12-9-21-22(10-12)8-7-19-16(24)15-5-6-20-23(15)11-25-14-3-1-13(18)2-4-14/h1-6,9-10H,7-8,11H2,(H,19,24).